The van der Waals surface area contributed by atoms with Gasteiger partial charge in [-0.3, -0.25) is 4.79 Å². The van der Waals surface area contributed by atoms with Gasteiger partial charge in [0.1, 0.15) is 17.4 Å². The number of nitrogens with zero attached hydrogens (tertiary/aromatic N) is 1. The fraction of sp³-hybridized carbons (Fsp3) is 0.158. The predicted octanol–water partition coefficient (Wildman–Crippen LogP) is 4.00. The number of rotatable bonds is 6. The van der Waals surface area contributed by atoms with Gasteiger partial charge in [0.15, 0.2) is 11.5 Å². The van der Waals surface area contributed by atoms with Gasteiger partial charge in [-0.25, -0.2) is 0 Å². The lowest BCUT2D eigenvalue weighted by atomic mass is 10.1. The summed E-state index contributed by atoms with van der Waals surface area (Å²) in [5, 5.41) is 21.5. The minimum atomic E-state index is -0.581. The smallest absolute Gasteiger partial charge is 0.266 e. The van der Waals surface area contributed by atoms with Crippen LogP contribution >= 0.6 is 11.6 Å². The van der Waals surface area contributed by atoms with Crippen molar-refractivity contribution in [3.05, 3.63) is 52.6 Å². The van der Waals surface area contributed by atoms with Crippen LogP contribution in [0.3, 0.4) is 0 Å². The summed E-state index contributed by atoms with van der Waals surface area (Å²) in [5.74, 6) is 0.306. The molecular weight excluding hydrogens is 356 g/mol. The van der Waals surface area contributed by atoms with E-state index in [0.29, 0.717) is 34.4 Å². The van der Waals surface area contributed by atoms with Crippen molar-refractivity contribution in [2.75, 3.05) is 19.0 Å². The second kappa shape index (κ2) is 8.79. The third-order valence-corrected chi connectivity index (χ3v) is 3.62. The molecule has 0 bridgehead atoms. The van der Waals surface area contributed by atoms with E-state index in [1.165, 1.54) is 37.5 Å². The van der Waals surface area contributed by atoms with Crippen LogP contribution in [0.4, 0.5) is 5.69 Å². The van der Waals surface area contributed by atoms with E-state index < -0.39 is 5.91 Å². The number of anilines is 1. The van der Waals surface area contributed by atoms with Gasteiger partial charge >= 0.3 is 0 Å². The Morgan fingerprint density at radius 1 is 1.35 bits per heavy atom. The summed E-state index contributed by atoms with van der Waals surface area (Å²) in [6.07, 6.45) is 1.40. The maximum Gasteiger partial charge on any atom is 0.266 e. The van der Waals surface area contributed by atoms with Crippen LogP contribution in [-0.4, -0.2) is 24.7 Å². The topological polar surface area (TPSA) is 91.6 Å². The Morgan fingerprint density at radius 3 is 2.62 bits per heavy atom. The fourth-order valence-electron chi connectivity index (χ4n) is 2.17. The van der Waals surface area contributed by atoms with Crippen molar-refractivity contribution in [3.8, 4) is 23.3 Å². The second-order valence-electron chi connectivity index (χ2n) is 5.14. The van der Waals surface area contributed by atoms with Gasteiger partial charge in [-0.1, -0.05) is 11.6 Å². The summed E-state index contributed by atoms with van der Waals surface area (Å²) in [6.45, 7) is 2.24. The Bertz CT molecular complexity index is 870. The number of carbonyl (C=O) groups is 1. The maximum absolute atomic E-state index is 12.3. The van der Waals surface area contributed by atoms with Crippen LogP contribution in [0.5, 0.6) is 17.2 Å². The molecule has 1 amide bonds. The van der Waals surface area contributed by atoms with E-state index in [9.17, 15) is 15.2 Å². The highest BCUT2D eigenvalue weighted by atomic mass is 35.5. The van der Waals surface area contributed by atoms with E-state index in [1.54, 1.807) is 12.1 Å². The molecule has 0 aliphatic carbocycles. The molecule has 0 aliphatic heterocycles. The molecule has 0 aromatic heterocycles. The molecule has 0 fully saturated rings. The summed E-state index contributed by atoms with van der Waals surface area (Å²) in [4.78, 5) is 12.3. The van der Waals surface area contributed by atoms with Crippen LogP contribution in [0.25, 0.3) is 6.08 Å². The van der Waals surface area contributed by atoms with Crippen molar-refractivity contribution in [3.63, 3.8) is 0 Å². The average molecular weight is 373 g/mol. The Hall–Kier alpha value is -3.17. The lowest BCUT2D eigenvalue weighted by molar-refractivity contribution is -0.112. The van der Waals surface area contributed by atoms with Crippen LogP contribution in [0, 0.1) is 11.3 Å². The van der Waals surface area contributed by atoms with Crippen molar-refractivity contribution in [2.45, 2.75) is 6.92 Å². The number of methoxy groups -OCH3 is 1. The third-order valence-electron chi connectivity index (χ3n) is 3.34. The largest absolute Gasteiger partial charge is 0.508 e. The van der Waals surface area contributed by atoms with Crippen LogP contribution in [0.1, 0.15) is 12.5 Å². The summed E-state index contributed by atoms with van der Waals surface area (Å²) in [6, 6.07) is 11.0. The number of benzene rings is 2. The maximum atomic E-state index is 12.3. The number of halogens is 1. The molecule has 0 unspecified atom stereocenters. The summed E-state index contributed by atoms with van der Waals surface area (Å²) >= 11 is 6.20. The highest BCUT2D eigenvalue weighted by Crippen LogP contribution is 2.37. The fourth-order valence-corrected chi connectivity index (χ4v) is 2.44. The number of hydrogen-bond donors (Lipinski definition) is 2. The standard InChI is InChI=1S/C19H17ClN2O4/c1-3-26-18-16(20)9-12(10-17(18)25-2)8-13(11-21)19(24)22-14-4-6-15(23)7-5-14/h4-10,23H,3H2,1-2H3,(H,22,24)/b13-8+. The number of nitrogens with one attached hydrogen (secondary N) is 1. The van der Waals surface area contributed by atoms with E-state index >= 15 is 0 Å². The number of phenols is 1. The Morgan fingerprint density at radius 2 is 2.04 bits per heavy atom. The monoisotopic (exact) mass is 372 g/mol. The molecule has 0 saturated heterocycles. The van der Waals surface area contributed by atoms with Crippen molar-refractivity contribution >= 4 is 29.3 Å². The van der Waals surface area contributed by atoms with Crippen LogP contribution in [0.15, 0.2) is 42.0 Å². The quantitative estimate of drug-likeness (QED) is 0.454. The lowest BCUT2D eigenvalue weighted by Crippen LogP contribution is -2.13. The first-order chi connectivity index (χ1) is 12.5. The van der Waals surface area contributed by atoms with Crippen molar-refractivity contribution in [1.29, 1.82) is 5.26 Å². The van der Waals surface area contributed by atoms with Gasteiger partial charge in [0, 0.05) is 5.69 Å². The van der Waals surface area contributed by atoms with Gasteiger partial charge in [0.25, 0.3) is 5.91 Å². The van der Waals surface area contributed by atoms with Crippen molar-refractivity contribution in [1.82, 2.24) is 0 Å². The van der Waals surface area contributed by atoms with Crippen LogP contribution in [0.2, 0.25) is 5.02 Å². The molecule has 2 rings (SSSR count). The SMILES string of the molecule is CCOc1c(Cl)cc(/C=C(\C#N)C(=O)Nc2ccc(O)cc2)cc1OC. The number of carbonyl (C=O) groups excluding carboxylic acids is 1. The van der Waals surface area contributed by atoms with Gasteiger partial charge in [-0.2, -0.15) is 5.26 Å². The summed E-state index contributed by atoms with van der Waals surface area (Å²) in [7, 11) is 1.48. The molecule has 0 spiro atoms. The molecule has 2 aromatic carbocycles. The predicted molar refractivity (Wildman–Crippen MR) is 99.5 cm³/mol. The van der Waals surface area contributed by atoms with E-state index in [4.69, 9.17) is 21.1 Å². The number of hydrogen-bond acceptors (Lipinski definition) is 5. The number of aromatic hydroxyl groups is 1. The molecule has 2 aromatic rings. The zero-order valence-electron chi connectivity index (χ0n) is 14.2. The van der Waals surface area contributed by atoms with Gasteiger partial charge in [0.05, 0.1) is 18.7 Å². The molecule has 0 radical (unpaired) electrons. The molecule has 0 heterocycles. The number of nitriles is 1. The molecule has 0 saturated carbocycles. The minimum Gasteiger partial charge on any atom is -0.508 e. The molecular formula is C19H17ClN2O4. The summed E-state index contributed by atoms with van der Waals surface area (Å²) in [5.41, 5.74) is 0.865. The molecule has 0 aliphatic rings. The van der Waals surface area contributed by atoms with Gasteiger partial charge in [0.2, 0.25) is 0 Å². The van der Waals surface area contributed by atoms with E-state index in [2.05, 4.69) is 5.32 Å². The third kappa shape index (κ3) is 4.68. The van der Waals surface area contributed by atoms with Gasteiger partial charge in [-0.05, 0) is 55.0 Å². The zero-order chi connectivity index (χ0) is 19.1. The Kier molecular flexibility index (Phi) is 6.48. The van der Waals surface area contributed by atoms with Crippen LogP contribution < -0.4 is 14.8 Å². The Labute approximate surface area is 156 Å². The number of ether oxygens (including phenoxy) is 2. The first-order valence-electron chi connectivity index (χ1n) is 7.71. The number of amides is 1. The van der Waals surface area contributed by atoms with Crippen molar-refractivity contribution < 1.29 is 19.4 Å². The summed E-state index contributed by atoms with van der Waals surface area (Å²) < 4.78 is 10.7. The molecule has 0 atom stereocenters. The number of phenolic OH excluding ortho intramolecular Hbond substituents is 1. The highest BCUT2D eigenvalue weighted by Gasteiger charge is 2.14. The first-order valence-corrected chi connectivity index (χ1v) is 8.08. The van der Waals surface area contributed by atoms with Crippen molar-refractivity contribution in [2.24, 2.45) is 0 Å². The second-order valence-corrected chi connectivity index (χ2v) is 5.55. The first kappa shape index (κ1) is 19.2. The molecule has 6 nitrogen and oxygen atoms in total. The van der Waals surface area contributed by atoms with Crippen LogP contribution in [-0.2, 0) is 4.79 Å². The van der Waals surface area contributed by atoms with E-state index in [0.717, 1.165) is 0 Å². The van der Waals surface area contributed by atoms with Gasteiger partial charge in [-0.15, -0.1) is 0 Å². The zero-order valence-corrected chi connectivity index (χ0v) is 15.0. The highest BCUT2D eigenvalue weighted by molar-refractivity contribution is 6.32. The molecule has 7 heteroatoms. The normalized spacial score (nSPS) is 10.8. The Balaban J connectivity index is 2.30. The lowest BCUT2D eigenvalue weighted by Gasteiger charge is -2.12. The average Bonchev–Trinajstić information content (AvgIpc) is 2.63. The van der Waals surface area contributed by atoms with Gasteiger partial charge < -0.3 is 19.9 Å². The molecule has 2 N–H and O–H groups in total. The van der Waals surface area contributed by atoms with E-state index in [1.807, 2.05) is 13.0 Å². The molecule has 134 valence electrons. The minimum absolute atomic E-state index is 0.0789. The molecule has 26 heavy (non-hydrogen) atoms. The van der Waals surface area contributed by atoms with E-state index in [-0.39, 0.29) is 11.3 Å².